The van der Waals surface area contributed by atoms with Gasteiger partial charge in [-0.3, -0.25) is 10.1 Å². The minimum atomic E-state index is -4.48. The summed E-state index contributed by atoms with van der Waals surface area (Å²) in [5.74, 6) is -1.02. The monoisotopic (exact) mass is 457 g/mol. The van der Waals surface area contributed by atoms with E-state index in [1.54, 1.807) is 13.0 Å². The van der Waals surface area contributed by atoms with Crippen molar-refractivity contribution in [1.29, 1.82) is 0 Å². The number of hydrogen-bond acceptors (Lipinski definition) is 8. The largest absolute Gasteiger partial charge is 0.464 e. The molecule has 1 N–H and O–H groups in total. The third-order valence-corrected chi connectivity index (χ3v) is 5.76. The lowest BCUT2D eigenvalue weighted by atomic mass is 10.1. The number of carbonyl (C=O) groups excluding carboxylic acids is 1. The summed E-state index contributed by atoms with van der Waals surface area (Å²) in [5, 5.41) is 21.1. The van der Waals surface area contributed by atoms with Gasteiger partial charge in [-0.25, -0.2) is 8.98 Å². The first-order valence-corrected chi connectivity index (χ1v) is 11.8. The number of aliphatic hydroxyl groups is 1. The maximum Gasteiger partial charge on any atom is 0.339 e. The van der Waals surface area contributed by atoms with Crippen LogP contribution in [0.25, 0.3) is 0 Å². The molecule has 0 unspecified atom stereocenters. The Hall–Kier alpha value is -2.30. The predicted molar refractivity (Wildman–Crippen MR) is 115 cm³/mol. The molecule has 0 heterocycles. The number of nitrogens with zero attached hydrogens (tertiary/aromatic N) is 1. The molecule has 0 amide bonds. The van der Waals surface area contributed by atoms with Crippen LogP contribution in [-0.2, 0) is 23.8 Å². The molecule has 0 bridgehead atoms. The number of nitro benzene ring substituents is 1. The first-order chi connectivity index (χ1) is 14.7. The predicted octanol–water partition coefficient (Wildman–Crippen LogP) is 3.90. The fourth-order valence-electron chi connectivity index (χ4n) is 2.77. The van der Waals surface area contributed by atoms with Crippen LogP contribution in [-0.4, -0.2) is 43.2 Å². The van der Waals surface area contributed by atoms with Gasteiger partial charge in [-0.15, -0.1) is 0 Å². The topological polar surface area (TPSA) is 133 Å². The molecule has 10 heteroatoms. The minimum absolute atomic E-state index is 0.0233. The molecule has 31 heavy (non-hydrogen) atoms. The second-order valence-corrected chi connectivity index (χ2v) is 8.52. The highest BCUT2D eigenvalue weighted by Crippen LogP contribution is 2.20. The molecule has 0 aliphatic carbocycles. The summed E-state index contributed by atoms with van der Waals surface area (Å²) in [7, 11) is -4.48. The highest BCUT2D eigenvalue weighted by Gasteiger charge is 2.34. The number of aliphatic hydroxyl groups excluding tert-OH is 1. The number of nitro groups is 1. The number of esters is 1. The summed E-state index contributed by atoms with van der Waals surface area (Å²) in [6.45, 7) is 3.67. The van der Waals surface area contributed by atoms with Gasteiger partial charge in [0.1, 0.15) is 6.10 Å². The van der Waals surface area contributed by atoms with Gasteiger partial charge in [0.2, 0.25) is 6.10 Å². The molecule has 0 aromatic heterocycles. The van der Waals surface area contributed by atoms with Crippen molar-refractivity contribution in [1.82, 2.24) is 0 Å². The molecule has 9 nitrogen and oxygen atoms in total. The number of allylic oxidation sites excluding steroid dienone is 1. The molecule has 174 valence electrons. The van der Waals surface area contributed by atoms with Gasteiger partial charge in [0.05, 0.1) is 16.4 Å². The SMILES string of the molecule is CCCCCCCC/C=C\[C@@H](O)[C@H](OS(=O)(=O)c1ccc([N+](=O)[O-])cc1)C(=O)OCC. The second kappa shape index (κ2) is 13.9. The van der Waals surface area contributed by atoms with Crippen molar-refractivity contribution in [3.05, 3.63) is 46.5 Å². The lowest BCUT2D eigenvalue weighted by molar-refractivity contribution is -0.384. The summed E-state index contributed by atoms with van der Waals surface area (Å²) in [6, 6.07) is 4.01. The molecule has 0 aliphatic rings. The van der Waals surface area contributed by atoms with Gasteiger partial charge in [0.25, 0.3) is 15.8 Å². The number of carbonyl (C=O) groups is 1. The van der Waals surface area contributed by atoms with Crippen LogP contribution in [0.1, 0.15) is 58.8 Å². The smallest absolute Gasteiger partial charge is 0.339 e. The molecule has 0 saturated carbocycles. The van der Waals surface area contributed by atoms with E-state index in [-0.39, 0.29) is 17.2 Å². The number of unbranched alkanes of at least 4 members (excludes halogenated alkanes) is 6. The maximum atomic E-state index is 12.5. The van der Waals surface area contributed by atoms with Crippen molar-refractivity contribution in [2.24, 2.45) is 0 Å². The number of hydrogen-bond donors (Lipinski definition) is 1. The van der Waals surface area contributed by atoms with Gasteiger partial charge >= 0.3 is 5.97 Å². The van der Waals surface area contributed by atoms with Crippen molar-refractivity contribution >= 4 is 21.8 Å². The Morgan fingerprint density at radius 3 is 2.32 bits per heavy atom. The summed E-state index contributed by atoms with van der Waals surface area (Å²) in [6.07, 6.45) is 7.00. The standard InChI is InChI=1S/C21H31NO8S/c1-3-5-6-7-8-9-10-11-12-19(23)20(21(24)29-4-2)30-31(27,28)18-15-13-17(14-16-18)22(25)26/h11-16,19-20,23H,3-10H2,1-2H3/b12-11-/t19-,20+/m1/s1. The van der Waals surface area contributed by atoms with E-state index in [9.17, 15) is 28.4 Å². The van der Waals surface area contributed by atoms with Crippen molar-refractivity contribution in [2.75, 3.05) is 6.61 Å². The van der Waals surface area contributed by atoms with Crippen LogP contribution >= 0.6 is 0 Å². The molecule has 0 saturated heterocycles. The number of rotatable bonds is 15. The van der Waals surface area contributed by atoms with Crippen molar-refractivity contribution in [3.63, 3.8) is 0 Å². The van der Waals surface area contributed by atoms with Crippen LogP contribution in [0.15, 0.2) is 41.3 Å². The van der Waals surface area contributed by atoms with E-state index in [1.165, 1.54) is 25.3 Å². The number of benzene rings is 1. The van der Waals surface area contributed by atoms with Gasteiger partial charge in [0.15, 0.2) is 0 Å². The Kier molecular flexibility index (Phi) is 12.0. The van der Waals surface area contributed by atoms with Gasteiger partial charge < -0.3 is 9.84 Å². The Bertz CT molecular complexity index is 820. The van der Waals surface area contributed by atoms with E-state index in [0.717, 1.165) is 43.5 Å². The molecule has 0 radical (unpaired) electrons. The van der Waals surface area contributed by atoms with Crippen molar-refractivity contribution in [3.8, 4) is 0 Å². The van der Waals surface area contributed by atoms with E-state index in [1.807, 2.05) is 0 Å². The molecular weight excluding hydrogens is 426 g/mol. The van der Waals surface area contributed by atoms with E-state index >= 15 is 0 Å². The minimum Gasteiger partial charge on any atom is -0.464 e. The molecule has 1 rings (SSSR count). The van der Waals surface area contributed by atoms with Crippen molar-refractivity contribution < 1.29 is 32.2 Å². The second-order valence-electron chi connectivity index (χ2n) is 6.95. The number of ether oxygens (including phenoxy) is 1. The molecule has 2 atom stereocenters. The van der Waals surface area contributed by atoms with Crippen LogP contribution in [0.4, 0.5) is 5.69 Å². The first kappa shape index (κ1) is 26.7. The van der Waals surface area contributed by atoms with Gasteiger partial charge in [-0.05, 0) is 31.9 Å². The lowest BCUT2D eigenvalue weighted by Gasteiger charge is -2.19. The number of non-ortho nitro benzene ring substituents is 1. The normalized spacial score (nSPS) is 13.8. The maximum absolute atomic E-state index is 12.5. The molecule has 0 aliphatic heterocycles. The van der Waals surface area contributed by atoms with Gasteiger partial charge in [-0.2, -0.15) is 8.42 Å². The zero-order valence-corrected chi connectivity index (χ0v) is 18.8. The average molecular weight is 458 g/mol. The zero-order chi connectivity index (χ0) is 23.3. The highest BCUT2D eigenvalue weighted by atomic mass is 32.2. The Labute approximate surface area is 183 Å². The van der Waals surface area contributed by atoms with E-state index < -0.39 is 33.2 Å². The summed E-state index contributed by atoms with van der Waals surface area (Å²) in [5.41, 5.74) is -0.293. The summed E-state index contributed by atoms with van der Waals surface area (Å²) in [4.78, 5) is 21.9. The third kappa shape index (κ3) is 9.58. The Balaban J connectivity index is 2.80. The van der Waals surface area contributed by atoms with E-state index in [2.05, 4.69) is 6.92 Å². The van der Waals surface area contributed by atoms with Crippen molar-refractivity contribution in [2.45, 2.75) is 75.9 Å². The van der Waals surface area contributed by atoms with Gasteiger partial charge in [0, 0.05) is 12.1 Å². The fourth-order valence-corrected chi connectivity index (χ4v) is 3.81. The molecule has 1 aromatic carbocycles. The first-order valence-electron chi connectivity index (χ1n) is 10.4. The molecular formula is C21H31NO8S. The molecule has 0 spiro atoms. The lowest BCUT2D eigenvalue weighted by Crippen LogP contribution is -2.38. The summed E-state index contributed by atoms with van der Waals surface area (Å²) < 4.78 is 34.8. The van der Waals surface area contributed by atoms with Crippen LogP contribution < -0.4 is 0 Å². The average Bonchev–Trinajstić information content (AvgIpc) is 2.74. The van der Waals surface area contributed by atoms with E-state index in [0.29, 0.717) is 6.42 Å². The molecule has 1 aromatic rings. The Morgan fingerprint density at radius 1 is 1.13 bits per heavy atom. The fraction of sp³-hybridized carbons (Fsp3) is 0.571. The zero-order valence-electron chi connectivity index (χ0n) is 17.9. The van der Waals surface area contributed by atoms with Gasteiger partial charge in [-0.1, -0.05) is 51.2 Å². The van der Waals surface area contributed by atoms with Crippen LogP contribution in [0.2, 0.25) is 0 Å². The van der Waals surface area contributed by atoms with E-state index in [4.69, 9.17) is 8.92 Å². The quantitative estimate of drug-likeness (QED) is 0.105. The third-order valence-electron chi connectivity index (χ3n) is 4.45. The summed E-state index contributed by atoms with van der Waals surface area (Å²) >= 11 is 0. The van der Waals surface area contributed by atoms with Crippen LogP contribution in [0.3, 0.4) is 0 Å². The molecule has 0 fully saturated rings. The van der Waals surface area contributed by atoms with Crippen LogP contribution in [0, 0.1) is 10.1 Å². The Morgan fingerprint density at radius 2 is 1.74 bits per heavy atom. The highest BCUT2D eigenvalue weighted by molar-refractivity contribution is 7.86. The van der Waals surface area contributed by atoms with Crippen LogP contribution in [0.5, 0.6) is 0 Å².